The standard InChI is InChI=1S/C16H21Cl3N4O2S/c1-9(2)7-13(25)22-14(16(17,18)19)23-15(26)21-12-6-4-5-11(8-12)20-10(3)24/h4-6,8-9,14H,7H2,1-3H3,(H,20,24)(H,22,25)(H2,21,23,26). The highest BCUT2D eigenvalue weighted by Crippen LogP contribution is 2.29. The van der Waals surface area contributed by atoms with Crippen molar-refractivity contribution in [2.24, 2.45) is 5.92 Å². The monoisotopic (exact) mass is 438 g/mol. The van der Waals surface area contributed by atoms with E-state index in [1.54, 1.807) is 24.3 Å². The molecule has 1 aromatic carbocycles. The lowest BCUT2D eigenvalue weighted by molar-refractivity contribution is -0.122. The molecule has 10 heteroatoms. The van der Waals surface area contributed by atoms with E-state index >= 15 is 0 Å². The molecule has 1 unspecified atom stereocenters. The lowest BCUT2D eigenvalue weighted by Gasteiger charge is -2.28. The minimum atomic E-state index is -1.81. The van der Waals surface area contributed by atoms with Crippen molar-refractivity contribution in [2.45, 2.75) is 37.2 Å². The van der Waals surface area contributed by atoms with Gasteiger partial charge in [0.15, 0.2) is 5.11 Å². The maximum atomic E-state index is 12.0. The molecular formula is C16H21Cl3N4O2S. The summed E-state index contributed by atoms with van der Waals surface area (Å²) >= 11 is 23.0. The number of hydrogen-bond donors (Lipinski definition) is 4. The maximum Gasteiger partial charge on any atom is 0.228 e. The van der Waals surface area contributed by atoms with E-state index in [-0.39, 0.29) is 29.3 Å². The summed E-state index contributed by atoms with van der Waals surface area (Å²) in [6.45, 7) is 5.23. The van der Waals surface area contributed by atoms with Crippen molar-refractivity contribution in [2.75, 3.05) is 10.6 Å². The largest absolute Gasteiger partial charge is 0.339 e. The number of nitrogens with one attached hydrogen (secondary N) is 4. The van der Waals surface area contributed by atoms with Crippen LogP contribution in [0.3, 0.4) is 0 Å². The fourth-order valence-corrected chi connectivity index (χ4v) is 2.53. The van der Waals surface area contributed by atoms with Crippen molar-refractivity contribution in [1.82, 2.24) is 10.6 Å². The molecule has 0 fully saturated rings. The quantitative estimate of drug-likeness (QED) is 0.308. The molecular weight excluding hydrogens is 419 g/mol. The summed E-state index contributed by atoms with van der Waals surface area (Å²) in [7, 11) is 0. The average molecular weight is 440 g/mol. The van der Waals surface area contributed by atoms with Gasteiger partial charge in [0.25, 0.3) is 0 Å². The van der Waals surface area contributed by atoms with Gasteiger partial charge < -0.3 is 21.3 Å². The number of hydrogen-bond acceptors (Lipinski definition) is 3. The first-order chi connectivity index (χ1) is 12.0. The van der Waals surface area contributed by atoms with Crippen LogP contribution in [0, 0.1) is 5.92 Å². The van der Waals surface area contributed by atoms with Crippen LogP contribution in [0.25, 0.3) is 0 Å². The van der Waals surface area contributed by atoms with Crippen LogP contribution in [-0.4, -0.2) is 26.9 Å². The van der Waals surface area contributed by atoms with Crippen LogP contribution in [0.2, 0.25) is 0 Å². The molecule has 26 heavy (non-hydrogen) atoms. The summed E-state index contributed by atoms with van der Waals surface area (Å²) in [5.74, 6) is -0.293. The Morgan fingerprint density at radius 2 is 1.69 bits per heavy atom. The number of thiocarbonyl (C=S) groups is 1. The summed E-state index contributed by atoms with van der Waals surface area (Å²) in [4.78, 5) is 23.1. The van der Waals surface area contributed by atoms with Crippen molar-refractivity contribution >= 4 is 75.3 Å². The van der Waals surface area contributed by atoms with Crippen molar-refractivity contribution in [3.8, 4) is 0 Å². The van der Waals surface area contributed by atoms with Crippen LogP contribution in [0.4, 0.5) is 11.4 Å². The Morgan fingerprint density at radius 3 is 2.19 bits per heavy atom. The van der Waals surface area contributed by atoms with E-state index < -0.39 is 9.96 Å². The Hall–Kier alpha value is -1.28. The number of carbonyl (C=O) groups excluding carboxylic acids is 2. The third-order valence-corrected chi connectivity index (χ3v) is 3.82. The molecule has 144 valence electrons. The maximum absolute atomic E-state index is 12.0. The summed E-state index contributed by atoms with van der Waals surface area (Å²) in [6, 6.07) is 6.92. The summed E-state index contributed by atoms with van der Waals surface area (Å²) in [6.07, 6.45) is -0.727. The van der Waals surface area contributed by atoms with Gasteiger partial charge in [0.2, 0.25) is 15.6 Å². The molecule has 0 bridgehead atoms. The number of anilines is 2. The molecule has 1 rings (SSSR count). The van der Waals surface area contributed by atoms with Gasteiger partial charge in [0, 0.05) is 24.7 Å². The van der Waals surface area contributed by atoms with Gasteiger partial charge in [-0.15, -0.1) is 0 Å². The van der Waals surface area contributed by atoms with E-state index in [9.17, 15) is 9.59 Å². The molecule has 4 N–H and O–H groups in total. The van der Waals surface area contributed by atoms with Crippen LogP contribution in [-0.2, 0) is 9.59 Å². The Morgan fingerprint density at radius 1 is 1.12 bits per heavy atom. The van der Waals surface area contributed by atoms with Crippen LogP contribution in [0.15, 0.2) is 24.3 Å². The van der Waals surface area contributed by atoms with Crippen LogP contribution in [0.1, 0.15) is 27.2 Å². The predicted molar refractivity (Wildman–Crippen MR) is 112 cm³/mol. The molecule has 6 nitrogen and oxygen atoms in total. The second-order valence-corrected chi connectivity index (χ2v) is 8.78. The molecule has 1 atom stereocenters. The van der Waals surface area contributed by atoms with E-state index in [1.165, 1.54) is 6.92 Å². The Bertz CT molecular complexity index is 665. The Kier molecular flexibility index (Phi) is 8.89. The fraction of sp³-hybridized carbons (Fsp3) is 0.438. The van der Waals surface area contributed by atoms with Gasteiger partial charge in [-0.2, -0.15) is 0 Å². The number of halogens is 3. The normalized spacial score (nSPS) is 12.3. The molecule has 0 heterocycles. The third-order valence-electron chi connectivity index (χ3n) is 2.94. The molecule has 2 amide bonds. The molecule has 1 aromatic rings. The molecule has 0 aliphatic heterocycles. The zero-order valence-electron chi connectivity index (χ0n) is 14.5. The van der Waals surface area contributed by atoms with E-state index in [1.807, 2.05) is 13.8 Å². The second kappa shape index (κ2) is 10.2. The molecule has 0 saturated carbocycles. The summed E-state index contributed by atoms with van der Waals surface area (Å²) in [5, 5.41) is 11.1. The molecule has 0 spiro atoms. The van der Waals surface area contributed by atoms with Crippen molar-refractivity contribution in [1.29, 1.82) is 0 Å². The summed E-state index contributed by atoms with van der Waals surface area (Å²) in [5.41, 5.74) is 1.22. The Labute approximate surface area is 173 Å². The first kappa shape index (κ1) is 22.8. The van der Waals surface area contributed by atoms with Gasteiger partial charge in [0.1, 0.15) is 6.17 Å². The van der Waals surface area contributed by atoms with E-state index in [0.29, 0.717) is 11.4 Å². The van der Waals surface area contributed by atoms with Gasteiger partial charge in [-0.25, -0.2) is 0 Å². The molecule has 0 aliphatic rings. The first-order valence-electron chi connectivity index (χ1n) is 7.78. The molecule has 0 saturated heterocycles. The van der Waals surface area contributed by atoms with E-state index in [0.717, 1.165) is 0 Å². The lowest BCUT2D eigenvalue weighted by Crippen LogP contribution is -2.56. The third kappa shape index (κ3) is 8.89. The van der Waals surface area contributed by atoms with Crippen molar-refractivity contribution in [3.05, 3.63) is 24.3 Å². The first-order valence-corrected chi connectivity index (χ1v) is 9.33. The predicted octanol–water partition coefficient (Wildman–Crippen LogP) is 3.79. The number of carbonyl (C=O) groups is 2. The van der Waals surface area contributed by atoms with Gasteiger partial charge in [-0.3, -0.25) is 9.59 Å². The van der Waals surface area contributed by atoms with Crippen molar-refractivity contribution < 1.29 is 9.59 Å². The van der Waals surface area contributed by atoms with Gasteiger partial charge in [-0.05, 0) is 36.3 Å². The zero-order chi connectivity index (χ0) is 19.9. The van der Waals surface area contributed by atoms with E-state index in [4.69, 9.17) is 47.0 Å². The highest BCUT2D eigenvalue weighted by Gasteiger charge is 2.34. The zero-order valence-corrected chi connectivity index (χ0v) is 17.6. The fourth-order valence-electron chi connectivity index (χ4n) is 1.97. The van der Waals surface area contributed by atoms with Crippen LogP contribution >= 0.6 is 47.0 Å². The number of benzene rings is 1. The molecule has 0 aliphatic carbocycles. The van der Waals surface area contributed by atoms with Crippen molar-refractivity contribution in [3.63, 3.8) is 0 Å². The SMILES string of the molecule is CC(=O)Nc1cccc(NC(=S)NC(NC(=O)CC(C)C)C(Cl)(Cl)Cl)c1. The number of rotatable bonds is 6. The smallest absolute Gasteiger partial charge is 0.228 e. The summed E-state index contributed by atoms with van der Waals surface area (Å²) < 4.78 is -1.81. The molecule has 0 radical (unpaired) electrons. The van der Waals surface area contributed by atoms with Gasteiger partial charge in [-0.1, -0.05) is 54.7 Å². The number of alkyl halides is 3. The van der Waals surface area contributed by atoms with Gasteiger partial charge >= 0.3 is 0 Å². The highest BCUT2D eigenvalue weighted by molar-refractivity contribution is 7.80. The minimum Gasteiger partial charge on any atom is -0.339 e. The topological polar surface area (TPSA) is 82.3 Å². The van der Waals surface area contributed by atoms with Crippen LogP contribution < -0.4 is 21.3 Å². The van der Waals surface area contributed by atoms with Gasteiger partial charge in [0.05, 0.1) is 0 Å². The van der Waals surface area contributed by atoms with E-state index in [2.05, 4.69) is 21.3 Å². The molecule has 0 aromatic heterocycles. The highest BCUT2D eigenvalue weighted by atomic mass is 35.6. The number of amides is 2. The minimum absolute atomic E-state index is 0.145. The Balaban J connectivity index is 2.75. The van der Waals surface area contributed by atoms with Crippen LogP contribution in [0.5, 0.6) is 0 Å². The average Bonchev–Trinajstić information content (AvgIpc) is 2.44. The second-order valence-electron chi connectivity index (χ2n) is 6.00. The lowest BCUT2D eigenvalue weighted by atomic mass is 10.1.